The highest BCUT2D eigenvalue weighted by Crippen LogP contribution is 2.23. The summed E-state index contributed by atoms with van der Waals surface area (Å²) in [7, 11) is 0. The number of hydrogen-bond acceptors (Lipinski definition) is 7. The van der Waals surface area contributed by atoms with E-state index in [1.165, 1.54) is 11.9 Å². The van der Waals surface area contributed by atoms with Gasteiger partial charge in [-0.2, -0.15) is 0 Å². The number of hydrazine groups is 1. The van der Waals surface area contributed by atoms with Crippen LogP contribution in [0.4, 0.5) is 4.79 Å². The summed E-state index contributed by atoms with van der Waals surface area (Å²) in [5.74, 6) is 1.07. The second kappa shape index (κ2) is 5.97. The van der Waals surface area contributed by atoms with Gasteiger partial charge in [0.25, 0.3) is 0 Å². The molecule has 0 aromatic carbocycles. The van der Waals surface area contributed by atoms with Crippen molar-refractivity contribution in [1.29, 1.82) is 0 Å². The standard InChI is InChI=1S/C13H22N4O3S/c1-13(2,3)20-12(19)16-6-9-5-10(18)7-17(21-4)15-11(9)14-8-16/h7,14-15,18H,5-6,8H2,1-4H3. The highest BCUT2D eigenvalue weighted by Gasteiger charge is 2.28. The van der Waals surface area contributed by atoms with Crippen LogP contribution in [0.15, 0.2) is 23.4 Å². The number of aliphatic hydroxyl groups excluding tert-OH is 1. The first-order valence-corrected chi connectivity index (χ1v) is 7.90. The molecule has 21 heavy (non-hydrogen) atoms. The molecule has 2 rings (SSSR count). The van der Waals surface area contributed by atoms with Gasteiger partial charge in [0.05, 0.1) is 19.4 Å². The molecule has 0 bridgehead atoms. The van der Waals surface area contributed by atoms with Crippen LogP contribution in [-0.2, 0) is 4.74 Å². The first-order valence-electron chi connectivity index (χ1n) is 6.72. The Balaban J connectivity index is 2.08. The maximum Gasteiger partial charge on any atom is 0.412 e. The average Bonchev–Trinajstić information content (AvgIpc) is 2.53. The number of ether oxygens (including phenoxy) is 1. The molecule has 2 aliphatic heterocycles. The number of allylic oxidation sites excluding steroid dienone is 1. The van der Waals surface area contributed by atoms with Gasteiger partial charge in [-0.25, -0.2) is 9.21 Å². The number of carbonyl (C=O) groups is 1. The van der Waals surface area contributed by atoms with E-state index in [-0.39, 0.29) is 11.9 Å². The number of carbonyl (C=O) groups excluding carboxylic acids is 1. The summed E-state index contributed by atoms with van der Waals surface area (Å²) in [6.07, 6.45) is 3.56. The Hall–Kier alpha value is -1.70. The predicted molar refractivity (Wildman–Crippen MR) is 81.8 cm³/mol. The second-order valence-electron chi connectivity index (χ2n) is 5.91. The summed E-state index contributed by atoms with van der Waals surface area (Å²) >= 11 is 1.44. The fourth-order valence-corrected chi connectivity index (χ4v) is 2.43. The van der Waals surface area contributed by atoms with E-state index in [0.29, 0.717) is 19.6 Å². The molecule has 0 unspecified atom stereocenters. The topological polar surface area (TPSA) is 77.1 Å². The Morgan fingerprint density at radius 3 is 2.81 bits per heavy atom. The lowest BCUT2D eigenvalue weighted by molar-refractivity contribution is 0.0240. The summed E-state index contributed by atoms with van der Waals surface area (Å²) < 4.78 is 7.09. The maximum absolute atomic E-state index is 12.1. The molecule has 0 aromatic heterocycles. The van der Waals surface area contributed by atoms with Crippen molar-refractivity contribution in [2.45, 2.75) is 32.8 Å². The Morgan fingerprint density at radius 2 is 2.19 bits per heavy atom. The fourth-order valence-electron chi connectivity index (χ4n) is 2.02. The van der Waals surface area contributed by atoms with Gasteiger partial charge in [0, 0.05) is 12.7 Å². The zero-order valence-corrected chi connectivity index (χ0v) is 13.6. The van der Waals surface area contributed by atoms with Crippen LogP contribution in [0.25, 0.3) is 0 Å². The van der Waals surface area contributed by atoms with Crippen LogP contribution in [0.3, 0.4) is 0 Å². The predicted octanol–water partition coefficient (Wildman–Crippen LogP) is 1.88. The molecule has 7 nitrogen and oxygen atoms in total. The van der Waals surface area contributed by atoms with Crippen molar-refractivity contribution < 1.29 is 14.6 Å². The molecule has 0 fully saturated rings. The summed E-state index contributed by atoms with van der Waals surface area (Å²) in [6, 6.07) is 0. The third kappa shape index (κ3) is 4.13. The summed E-state index contributed by atoms with van der Waals surface area (Å²) in [5.41, 5.74) is 3.55. The van der Waals surface area contributed by atoms with E-state index >= 15 is 0 Å². The van der Waals surface area contributed by atoms with E-state index in [1.54, 1.807) is 15.5 Å². The van der Waals surface area contributed by atoms with Gasteiger partial charge in [-0.15, -0.1) is 0 Å². The minimum atomic E-state index is -0.523. The van der Waals surface area contributed by atoms with Gasteiger partial charge in [0.15, 0.2) is 0 Å². The molecule has 0 aromatic rings. The third-order valence-electron chi connectivity index (χ3n) is 2.91. The molecule has 8 heteroatoms. The van der Waals surface area contributed by atoms with Crippen molar-refractivity contribution >= 4 is 18.0 Å². The Morgan fingerprint density at radius 1 is 1.48 bits per heavy atom. The number of hydrogen-bond donors (Lipinski definition) is 3. The van der Waals surface area contributed by atoms with Gasteiger partial charge in [-0.05, 0) is 38.3 Å². The van der Waals surface area contributed by atoms with Gasteiger partial charge >= 0.3 is 6.09 Å². The number of nitrogens with one attached hydrogen (secondary N) is 2. The molecule has 0 radical (unpaired) electrons. The minimum Gasteiger partial charge on any atom is -0.510 e. The Bertz CT molecular complexity index is 484. The molecule has 0 saturated heterocycles. The number of amides is 1. The van der Waals surface area contributed by atoms with Crippen molar-refractivity contribution in [3.63, 3.8) is 0 Å². The zero-order chi connectivity index (χ0) is 15.6. The zero-order valence-electron chi connectivity index (χ0n) is 12.8. The molecule has 2 heterocycles. The van der Waals surface area contributed by atoms with Gasteiger partial charge in [0.1, 0.15) is 17.2 Å². The smallest absolute Gasteiger partial charge is 0.412 e. The van der Waals surface area contributed by atoms with Crippen molar-refractivity contribution in [3.8, 4) is 0 Å². The SMILES string of the molecule is CSN1C=C(O)CC2=C(NCN(C(=O)OC(C)(C)C)C2)N1. The molecule has 3 N–H and O–H groups in total. The highest BCUT2D eigenvalue weighted by atomic mass is 32.2. The van der Waals surface area contributed by atoms with Crippen molar-refractivity contribution in [2.75, 3.05) is 19.5 Å². The number of nitrogens with zero attached hydrogens (tertiary/aromatic N) is 2. The summed E-state index contributed by atoms with van der Waals surface area (Å²) in [5, 5.41) is 13.1. The van der Waals surface area contributed by atoms with Gasteiger partial charge in [-0.1, -0.05) is 0 Å². The van der Waals surface area contributed by atoms with Gasteiger partial charge < -0.3 is 15.2 Å². The largest absolute Gasteiger partial charge is 0.510 e. The van der Waals surface area contributed by atoms with E-state index in [2.05, 4.69) is 10.7 Å². The summed E-state index contributed by atoms with van der Waals surface area (Å²) in [6.45, 7) is 6.30. The van der Waals surface area contributed by atoms with Crippen molar-refractivity contribution in [3.05, 3.63) is 23.4 Å². The van der Waals surface area contributed by atoms with Crippen LogP contribution < -0.4 is 10.7 Å². The van der Waals surface area contributed by atoms with E-state index < -0.39 is 5.60 Å². The molecule has 0 aliphatic carbocycles. The van der Waals surface area contributed by atoms with Gasteiger partial charge in [-0.3, -0.25) is 10.3 Å². The first-order chi connectivity index (χ1) is 9.78. The van der Waals surface area contributed by atoms with Crippen LogP contribution in [-0.4, -0.2) is 45.6 Å². The molecule has 1 amide bonds. The van der Waals surface area contributed by atoms with Crippen molar-refractivity contribution in [2.24, 2.45) is 0 Å². The maximum atomic E-state index is 12.1. The van der Waals surface area contributed by atoms with Crippen LogP contribution in [0.1, 0.15) is 27.2 Å². The molecule has 2 aliphatic rings. The number of aliphatic hydroxyl groups is 1. The van der Waals surface area contributed by atoms with E-state index in [4.69, 9.17) is 4.74 Å². The molecule has 0 spiro atoms. The van der Waals surface area contributed by atoms with Crippen molar-refractivity contribution in [1.82, 2.24) is 20.1 Å². The van der Waals surface area contributed by atoms with Crippen LogP contribution in [0.2, 0.25) is 0 Å². The Kier molecular flexibility index (Phi) is 4.46. The first kappa shape index (κ1) is 15.7. The van der Waals surface area contributed by atoms with Crippen LogP contribution >= 0.6 is 11.9 Å². The highest BCUT2D eigenvalue weighted by molar-refractivity contribution is 7.96. The Labute approximate surface area is 129 Å². The van der Waals surface area contributed by atoms with Crippen LogP contribution in [0, 0.1) is 0 Å². The third-order valence-corrected chi connectivity index (χ3v) is 3.50. The van der Waals surface area contributed by atoms with E-state index in [9.17, 15) is 9.90 Å². The van der Waals surface area contributed by atoms with E-state index in [0.717, 1.165) is 11.4 Å². The fraction of sp³-hybridized carbons (Fsp3) is 0.615. The molecule has 0 atom stereocenters. The molecular weight excluding hydrogens is 292 g/mol. The monoisotopic (exact) mass is 314 g/mol. The number of rotatable bonds is 1. The lowest BCUT2D eigenvalue weighted by atomic mass is 10.1. The lowest BCUT2D eigenvalue weighted by Crippen LogP contribution is -2.49. The quantitative estimate of drug-likeness (QED) is 0.638. The second-order valence-corrected chi connectivity index (χ2v) is 6.67. The summed E-state index contributed by atoms with van der Waals surface area (Å²) in [4.78, 5) is 13.7. The normalized spacial score (nSPS) is 19.1. The lowest BCUT2D eigenvalue weighted by Gasteiger charge is -2.33. The van der Waals surface area contributed by atoms with E-state index in [1.807, 2.05) is 27.0 Å². The molecule has 0 saturated carbocycles. The minimum absolute atomic E-state index is 0.245. The molecule has 118 valence electrons. The van der Waals surface area contributed by atoms with Crippen LogP contribution in [0.5, 0.6) is 0 Å². The molecular formula is C13H22N4O3S. The average molecular weight is 314 g/mol. The van der Waals surface area contributed by atoms with Gasteiger partial charge in [0.2, 0.25) is 0 Å².